The maximum absolute atomic E-state index is 15.9. The van der Waals surface area contributed by atoms with Crippen molar-refractivity contribution in [2.45, 2.75) is 141 Å². The molecule has 0 amide bonds. The van der Waals surface area contributed by atoms with E-state index in [2.05, 4.69) is 20.8 Å². The molecule has 1 aromatic carbocycles. The number of esters is 3. The second kappa shape index (κ2) is 13.6. The Bertz CT molecular complexity index is 1690. The summed E-state index contributed by atoms with van der Waals surface area (Å²) in [6.07, 6.45) is -9.05. The van der Waals surface area contributed by atoms with Crippen LogP contribution >= 0.6 is 0 Å². The number of hydrogen-bond donors (Lipinski definition) is 1. The number of aliphatic hydroxyl groups is 1. The van der Waals surface area contributed by atoms with E-state index in [1.807, 2.05) is 0 Å². The van der Waals surface area contributed by atoms with Crippen LogP contribution in [0, 0.1) is 16.7 Å². The maximum atomic E-state index is 15.9. The summed E-state index contributed by atoms with van der Waals surface area (Å²) >= 11 is 0. The first-order valence-electron chi connectivity index (χ1n) is 18.7. The number of benzene rings is 1. The standard InChI is InChI=1S/C39H52O13Si/c1-10-26(41)47-29-27-21(5)28(42)32-39(36(27,7)8,51-35(45)49-32)33(48-34(44)23-17-15-14-16-18-23)30-37(9,31(29)43)24(52-53(11-2,12-3)13-4)19-25-38(30,20-46-25)50-22(6)40/h14-18,24-25,28-30,32-33,42H,10-13,19-20H2,1-9H3/t24-,25+,28+,29+,30-,32-,33-,37+,38-,39+/m0/s1. The minimum absolute atomic E-state index is 0.0623. The van der Waals surface area contributed by atoms with E-state index in [4.69, 9.17) is 32.8 Å². The molecule has 14 heteroatoms. The molecule has 13 nitrogen and oxygen atoms in total. The van der Waals surface area contributed by atoms with Crippen molar-refractivity contribution in [1.82, 2.24) is 0 Å². The average molecular weight is 757 g/mol. The van der Waals surface area contributed by atoms with E-state index in [9.17, 15) is 24.3 Å². The third-order valence-corrected chi connectivity index (χ3v) is 17.9. The van der Waals surface area contributed by atoms with E-state index in [0.717, 1.165) is 18.1 Å². The van der Waals surface area contributed by atoms with Crippen LogP contribution in [0.2, 0.25) is 18.1 Å². The molecule has 290 valence electrons. The third-order valence-electron chi connectivity index (χ3n) is 13.2. The first-order valence-corrected chi connectivity index (χ1v) is 21.2. The number of rotatable bonds is 10. The van der Waals surface area contributed by atoms with Crippen LogP contribution in [-0.2, 0) is 47.2 Å². The van der Waals surface area contributed by atoms with Gasteiger partial charge in [-0.3, -0.25) is 14.4 Å². The first kappa shape index (κ1) is 39.1. The molecule has 53 heavy (non-hydrogen) atoms. The molecule has 5 aliphatic rings. The van der Waals surface area contributed by atoms with Crippen molar-refractivity contribution in [1.29, 1.82) is 0 Å². The van der Waals surface area contributed by atoms with Crippen LogP contribution in [0.4, 0.5) is 4.79 Å². The molecule has 1 aromatic rings. The van der Waals surface area contributed by atoms with Crippen molar-refractivity contribution in [3.05, 3.63) is 47.0 Å². The lowest BCUT2D eigenvalue weighted by atomic mass is 9.44. The van der Waals surface area contributed by atoms with Crippen molar-refractivity contribution in [2.24, 2.45) is 16.7 Å². The number of Topliss-reactive ketones (excluding diaryl/α,β-unsaturated/α-hetero) is 1. The van der Waals surface area contributed by atoms with Crippen molar-refractivity contribution < 1.29 is 61.9 Å². The molecule has 6 rings (SSSR count). The topological polar surface area (TPSA) is 170 Å². The van der Waals surface area contributed by atoms with Gasteiger partial charge in [-0.15, -0.1) is 0 Å². The number of carbonyl (C=O) groups excluding carboxylic acids is 5. The zero-order valence-electron chi connectivity index (χ0n) is 32.0. The highest BCUT2D eigenvalue weighted by Crippen LogP contribution is 2.67. The summed E-state index contributed by atoms with van der Waals surface area (Å²) < 4.78 is 44.6. The van der Waals surface area contributed by atoms with Gasteiger partial charge in [0.25, 0.3) is 0 Å². The van der Waals surface area contributed by atoms with E-state index in [1.54, 1.807) is 65.0 Å². The van der Waals surface area contributed by atoms with Gasteiger partial charge in [0.15, 0.2) is 38.0 Å². The zero-order chi connectivity index (χ0) is 38.9. The predicted octanol–water partition coefficient (Wildman–Crippen LogP) is 5.23. The molecule has 0 radical (unpaired) electrons. The number of fused-ring (bicyclic) bond motifs is 4. The Hall–Kier alpha value is -3.59. The van der Waals surface area contributed by atoms with Gasteiger partial charge in [-0.05, 0) is 55.3 Å². The number of hydrogen-bond acceptors (Lipinski definition) is 13. The maximum Gasteiger partial charge on any atom is 0.509 e. The molecule has 4 fully saturated rings. The van der Waals surface area contributed by atoms with Gasteiger partial charge in [0, 0.05) is 25.2 Å². The van der Waals surface area contributed by atoms with Gasteiger partial charge >= 0.3 is 24.1 Å². The minimum atomic E-state index is -2.55. The van der Waals surface area contributed by atoms with Gasteiger partial charge in [0.2, 0.25) is 5.60 Å². The van der Waals surface area contributed by atoms with E-state index >= 15 is 4.79 Å². The highest BCUT2D eigenvalue weighted by molar-refractivity contribution is 6.73. The van der Waals surface area contributed by atoms with Gasteiger partial charge in [0.1, 0.15) is 12.2 Å². The lowest BCUT2D eigenvalue weighted by Gasteiger charge is -2.68. The number of carbonyl (C=O) groups is 5. The summed E-state index contributed by atoms with van der Waals surface area (Å²) in [5.74, 6) is -4.08. The van der Waals surface area contributed by atoms with Crippen LogP contribution in [0.1, 0.15) is 85.5 Å². The number of aliphatic hydroxyl groups excluding tert-OH is 1. The molecule has 1 spiro atoms. The van der Waals surface area contributed by atoms with Crippen LogP contribution in [0.25, 0.3) is 0 Å². The Morgan fingerprint density at radius 3 is 2.17 bits per heavy atom. The molecule has 1 N–H and O–H groups in total. The lowest BCUT2D eigenvalue weighted by molar-refractivity contribution is -0.344. The Morgan fingerprint density at radius 2 is 1.62 bits per heavy atom. The molecular formula is C39H52O13Si. The van der Waals surface area contributed by atoms with Gasteiger partial charge in [-0.2, -0.15) is 0 Å². The van der Waals surface area contributed by atoms with Gasteiger partial charge in [0.05, 0.1) is 29.6 Å². The van der Waals surface area contributed by atoms with Crippen LogP contribution in [0.3, 0.4) is 0 Å². The van der Waals surface area contributed by atoms with E-state index in [1.165, 1.54) is 6.92 Å². The fourth-order valence-electron chi connectivity index (χ4n) is 10.1. The monoisotopic (exact) mass is 756 g/mol. The quantitative estimate of drug-likeness (QED) is 0.143. The van der Waals surface area contributed by atoms with E-state index < -0.39 is 103 Å². The number of ether oxygens (including phenoxy) is 6. The smallest absolute Gasteiger partial charge is 0.454 e. The molecule has 3 aliphatic carbocycles. The Balaban J connectivity index is 1.74. The van der Waals surface area contributed by atoms with Gasteiger partial charge in [-0.25, -0.2) is 9.59 Å². The SMILES string of the molecule is CCC(=O)O[C@H]1C(=O)[C@]2(C)[C@@H](O[Si](CC)(CC)CC)C[C@H]3OC[C@@]3(OC(C)=O)[C@H]2[C@H](OC(=O)c2ccccc2)[C@]23OC(=O)O[C@H]2[C@H](O)C(C)=C1C3(C)C. The van der Waals surface area contributed by atoms with Crippen LogP contribution in [0.5, 0.6) is 0 Å². The van der Waals surface area contributed by atoms with Gasteiger partial charge in [-0.1, -0.05) is 59.7 Å². The highest BCUT2D eigenvalue weighted by Gasteiger charge is 2.83. The molecule has 0 aromatic heterocycles. The van der Waals surface area contributed by atoms with Crippen LogP contribution in [0.15, 0.2) is 41.5 Å². The van der Waals surface area contributed by atoms with E-state index in [-0.39, 0.29) is 36.2 Å². The summed E-state index contributed by atoms with van der Waals surface area (Å²) in [5.41, 5.74) is -6.32. The second-order valence-electron chi connectivity index (χ2n) is 15.8. The Morgan fingerprint density at radius 1 is 0.981 bits per heavy atom. The fourth-order valence-corrected chi connectivity index (χ4v) is 13.1. The van der Waals surface area contributed by atoms with Crippen molar-refractivity contribution in [2.75, 3.05) is 6.61 Å². The van der Waals surface area contributed by atoms with Crippen LogP contribution in [-0.4, -0.2) is 97.7 Å². The average Bonchev–Trinajstić information content (AvgIpc) is 3.50. The molecule has 2 saturated carbocycles. The Kier molecular flexibility index (Phi) is 10.0. The predicted molar refractivity (Wildman–Crippen MR) is 190 cm³/mol. The summed E-state index contributed by atoms with van der Waals surface area (Å²) in [7, 11) is -2.55. The molecule has 0 unspecified atom stereocenters. The van der Waals surface area contributed by atoms with Crippen molar-refractivity contribution in [3.8, 4) is 0 Å². The Labute approximate surface area is 311 Å². The number of ketones is 1. The summed E-state index contributed by atoms with van der Waals surface area (Å²) in [4.78, 5) is 70.4. The van der Waals surface area contributed by atoms with Crippen molar-refractivity contribution in [3.63, 3.8) is 0 Å². The summed E-state index contributed by atoms with van der Waals surface area (Å²) in [6, 6.07) is 10.4. The van der Waals surface area contributed by atoms with E-state index in [0.29, 0.717) is 0 Å². The summed E-state index contributed by atoms with van der Waals surface area (Å²) in [6.45, 7) is 15.5. The first-order chi connectivity index (χ1) is 24.9. The highest BCUT2D eigenvalue weighted by atomic mass is 28.4. The van der Waals surface area contributed by atoms with Crippen molar-refractivity contribution >= 4 is 38.2 Å². The largest absolute Gasteiger partial charge is 0.509 e. The minimum Gasteiger partial charge on any atom is -0.454 e. The molecule has 2 bridgehead atoms. The molecule has 10 atom stereocenters. The molecule has 2 saturated heterocycles. The fraction of sp³-hybridized carbons (Fsp3) is 0.667. The van der Waals surface area contributed by atoms with Crippen LogP contribution < -0.4 is 0 Å². The molecule has 2 aliphatic heterocycles. The molecule has 2 heterocycles. The lowest BCUT2D eigenvalue weighted by Crippen LogP contribution is -2.83. The zero-order valence-corrected chi connectivity index (χ0v) is 33.0. The molecular weight excluding hydrogens is 705 g/mol. The van der Waals surface area contributed by atoms with Gasteiger partial charge < -0.3 is 38.0 Å². The summed E-state index contributed by atoms with van der Waals surface area (Å²) in [5, 5.41) is 12.0. The second-order valence-corrected chi connectivity index (χ2v) is 20.5. The normalized spacial score (nSPS) is 37.0. The third kappa shape index (κ3) is 5.52.